The number of thiocarbonyl (C=S) groups is 1. The summed E-state index contributed by atoms with van der Waals surface area (Å²) in [5.41, 5.74) is -1.33. The zero-order valence-corrected chi connectivity index (χ0v) is 67.5. The highest BCUT2D eigenvalue weighted by Gasteiger charge is 2.79. The Morgan fingerprint density at radius 1 is 0.722 bits per heavy atom. The number of amides is 3. The molecule has 14 atom stereocenters. The van der Waals surface area contributed by atoms with Gasteiger partial charge in [-0.3, -0.25) is 57.7 Å². The molecule has 5 aliphatic heterocycles. The van der Waals surface area contributed by atoms with E-state index in [9.17, 15) is 83.7 Å². The number of nitrogens with one attached hydrogen (secondary N) is 5. The van der Waals surface area contributed by atoms with Crippen molar-refractivity contribution in [3.8, 4) is 5.75 Å². The van der Waals surface area contributed by atoms with E-state index < -0.39 is 198 Å². The number of hydrogen-bond acceptors (Lipinski definition) is 24. The van der Waals surface area contributed by atoms with Crippen LogP contribution < -0.4 is 36.2 Å². The number of ether oxygens (including phenoxy) is 3. The molecule has 2 aliphatic carbocycles. The van der Waals surface area contributed by atoms with Gasteiger partial charge in [-0.1, -0.05) is 102 Å². The maximum Gasteiger partial charge on any atom is 0.327 e. The fraction of sp³-hybridized carbons (Fsp3) is 0.568. The number of likely N-dealkylation sites (N-methyl/N-ethyl adjacent to an activating group) is 1. The first-order valence-corrected chi connectivity index (χ1v) is 41.8. The van der Waals surface area contributed by atoms with E-state index in [1.165, 1.54) is 14.2 Å². The Balaban J connectivity index is 0.777. The van der Waals surface area contributed by atoms with E-state index >= 15 is 9.59 Å². The summed E-state index contributed by atoms with van der Waals surface area (Å²) in [6.07, 6.45) is 1.48. The number of Topliss-reactive ketones (excluding diaryl/α,β-unsaturated/α-hetero) is 2. The second-order valence-corrected chi connectivity index (χ2v) is 34.0. The Labute approximate surface area is 679 Å². The number of piperidine rings is 1. The Morgan fingerprint density at radius 2 is 1.45 bits per heavy atom. The van der Waals surface area contributed by atoms with Crippen molar-refractivity contribution in [1.82, 2.24) is 36.4 Å². The lowest BCUT2D eigenvalue weighted by molar-refractivity contribution is -0.203. The van der Waals surface area contributed by atoms with E-state index in [-0.39, 0.29) is 68.3 Å². The third-order valence-electron chi connectivity index (χ3n) is 24.5. The SMILES string of the molecule is CC[C@]1(O)CCCN2CCC3=C(Cc4ccccc43)[C@@](C(=O)OC)(c3cc4c(cc3OC)N(C)[C@H]3[C@@](O)(C(=O)NCC(=O)OCCSSC[C@@H](NC(=O)[C@@H](CC(=O)[C@H](CC(=O)O)NC(=O)CC[C@H](CC(=O)CC[C@H](NC(=S)NCCCC(=O)O)C(=O)O)C(=O)O)Cc5ccccc5)C(=O)O)[C@H](O)[C@]5(CC)C=CCN6CC[C@]43[C@H]65)CC21. The summed E-state index contributed by atoms with van der Waals surface area (Å²) in [6.45, 7) is 5.41. The largest absolute Gasteiger partial charge is 0.496 e. The van der Waals surface area contributed by atoms with Crippen LogP contribution >= 0.6 is 33.8 Å². The molecule has 115 heavy (non-hydrogen) atoms. The highest BCUT2D eigenvalue weighted by atomic mass is 33.1. The quantitative estimate of drug-likeness (QED) is 0.0125. The summed E-state index contributed by atoms with van der Waals surface area (Å²) in [5.74, 6) is -15.5. The van der Waals surface area contributed by atoms with Crippen LogP contribution in [0, 0.1) is 17.3 Å². The molecule has 3 amide bonds. The van der Waals surface area contributed by atoms with Crippen LogP contribution in [0.25, 0.3) is 5.57 Å². The molecule has 0 aromatic heterocycles. The van der Waals surface area contributed by atoms with Crippen LogP contribution in [-0.4, -0.2) is 259 Å². The molecule has 3 aromatic carbocycles. The van der Waals surface area contributed by atoms with E-state index in [4.69, 9.17) is 31.5 Å². The number of benzene rings is 3. The van der Waals surface area contributed by atoms with Crippen LogP contribution in [0.2, 0.25) is 0 Å². The third-order valence-corrected chi connectivity index (χ3v) is 27.1. The van der Waals surface area contributed by atoms with Gasteiger partial charge in [0, 0.05) is 116 Å². The van der Waals surface area contributed by atoms with Crippen LogP contribution in [0.5, 0.6) is 5.75 Å². The number of esters is 2. The maximum absolute atomic E-state index is 15.7. The first kappa shape index (κ1) is 88.3. The van der Waals surface area contributed by atoms with Crippen molar-refractivity contribution >= 4 is 121 Å². The lowest BCUT2D eigenvalue weighted by Crippen LogP contribution is -2.81. The zero-order valence-electron chi connectivity index (χ0n) is 65.1. The van der Waals surface area contributed by atoms with E-state index in [1.807, 2.05) is 55.2 Å². The molecule has 3 aromatic rings. The number of nitrogens with zero attached hydrogens (tertiary/aromatic N) is 3. The molecule has 0 radical (unpaired) electrons. The van der Waals surface area contributed by atoms with Crippen LogP contribution in [0.4, 0.5) is 5.69 Å². The number of aliphatic hydroxyl groups excluding tert-OH is 1. The number of hydrogen-bond donors (Lipinski definition) is 13. The number of carbonyl (C=O) groups is 12. The zero-order chi connectivity index (χ0) is 83.5. The second kappa shape index (κ2) is 37.9. The molecule has 1 saturated carbocycles. The van der Waals surface area contributed by atoms with E-state index in [0.29, 0.717) is 74.3 Å². The summed E-state index contributed by atoms with van der Waals surface area (Å²) >= 11 is 5.08. The van der Waals surface area contributed by atoms with Gasteiger partial charge in [0.1, 0.15) is 48.3 Å². The normalized spacial score (nSPS) is 25.7. The van der Waals surface area contributed by atoms with Gasteiger partial charge in [0.05, 0.1) is 44.2 Å². The monoisotopic (exact) mass is 1650 g/mol. The van der Waals surface area contributed by atoms with Crippen LogP contribution in [0.15, 0.2) is 84.5 Å². The van der Waals surface area contributed by atoms with Crippen molar-refractivity contribution in [2.45, 2.75) is 194 Å². The number of carboxylic acids is 5. The minimum Gasteiger partial charge on any atom is -0.496 e. The first-order chi connectivity index (χ1) is 54.8. The highest BCUT2D eigenvalue weighted by Crippen LogP contribution is 2.68. The first-order valence-electron chi connectivity index (χ1n) is 38.9. The molecule has 7 aliphatic rings. The van der Waals surface area contributed by atoms with Gasteiger partial charge in [-0.05, 0) is 142 Å². The number of fused-ring (bicyclic) bond motifs is 4. The van der Waals surface area contributed by atoms with Crippen LogP contribution in [0.3, 0.4) is 0 Å². The minimum absolute atomic E-state index is 0.0660. The van der Waals surface area contributed by atoms with Gasteiger partial charge in [-0.25, -0.2) is 9.59 Å². The molecular weight excluding hydrogens is 1550 g/mol. The molecule has 1 unspecified atom stereocenters. The molecule has 31 nitrogen and oxygen atoms in total. The Morgan fingerprint density at radius 3 is 2.13 bits per heavy atom. The molecule has 13 N–H and O–H groups in total. The second-order valence-electron chi connectivity index (χ2n) is 30.9. The fourth-order valence-corrected chi connectivity index (χ4v) is 21.3. The molecule has 34 heteroatoms. The van der Waals surface area contributed by atoms with E-state index in [1.54, 1.807) is 37.4 Å². The predicted octanol–water partition coefficient (Wildman–Crippen LogP) is 4.11. The minimum atomic E-state index is -2.63. The number of aliphatic carboxylic acids is 5. The smallest absolute Gasteiger partial charge is 0.327 e. The Bertz CT molecular complexity index is 4280. The lowest BCUT2D eigenvalue weighted by atomic mass is 9.47. The van der Waals surface area contributed by atoms with E-state index in [0.717, 1.165) is 62.4 Å². The highest BCUT2D eigenvalue weighted by molar-refractivity contribution is 8.76. The van der Waals surface area contributed by atoms with Crippen molar-refractivity contribution < 1.29 is 113 Å². The molecule has 2 saturated heterocycles. The van der Waals surface area contributed by atoms with Crippen molar-refractivity contribution in [3.05, 3.63) is 112 Å². The average molecular weight is 1650 g/mol. The van der Waals surface area contributed by atoms with Crippen molar-refractivity contribution in [2.75, 3.05) is 83.5 Å². The third kappa shape index (κ3) is 18.5. The van der Waals surface area contributed by atoms with Gasteiger partial charge in [-0.15, -0.1) is 0 Å². The van der Waals surface area contributed by atoms with Gasteiger partial charge in [0.25, 0.3) is 5.91 Å². The summed E-state index contributed by atoms with van der Waals surface area (Å²) in [4.78, 5) is 166. The Hall–Kier alpha value is -9.03. The Kier molecular flexibility index (Phi) is 29.1. The summed E-state index contributed by atoms with van der Waals surface area (Å²) < 4.78 is 18.0. The predicted molar refractivity (Wildman–Crippen MR) is 427 cm³/mol. The molecule has 10 rings (SSSR count). The number of carbonyl (C=O) groups excluding carboxylic acids is 7. The standard InChI is InChI=1S/C81H104N8O23S3/c1-6-77-26-14-31-89-33-28-79(71(77)89)54-40-55(80(75(107)111-5)43-62-78(108,7-2)27-15-30-88(62)32-25-52-51-19-12-11-18-47(51)38-53(52)80)61(110-4)42-59(54)87(3)72(79)81(109,73(77)105)74(106)83-44-66(97)112-34-35-114-115-45-58(70(103)104)85-67(98)49(36-46-16-9-8-10-17-46)39-60(91)57(41-65(95)96)84-63(92)24-21-48(68(99)100)37-50(90)22-23-56(69(101)102)86-76(113)82-29-13-20-64(93)94/h8-12,14,16-19,26,40,42,48-49,56-58,62,71-73,105,108-109H,6-7,13,15,20-25,27-39,41,43-45H2,1-5H3,(H,83,106)(H,84,92)(H,85,98)(H,93,94)(H,95,96)(H,99,100)(H,101,102)(H,103,104)(H2,82,86,113)/t48-,49-,56+,57+,58-,62?,71-,72-,73-,77-,78+,79-,80-,81+/m1/s1. The van der Waals surface area contributed by atoms with Crippen molar-refractivity contribution in [3.63, 3.8) is 0 Å². The molecule has 624 valence electrons. The van der Waals surface area contributed by atoms with Crippen molar-refractivity contribution in [1.29, 1.82) is 0 Å². The van der Waals surface area contributed by atoms with Gasteiger partial charge in [0.2, 0.25) is 11.8 Å². The average Bonchev–Trinajstić information content (AvgIpc) is 1.49. The molecule has 5 heterocycles. The lowest BCUT2D eigenvalue weighted by Gasteiger charge is -2.63. The van der Waals surface area contributed by atoms with Gasteiger partial charge < -0.3 is 86.5 Å². The number of rotatable bonds is 40. The summed E-state index contributed by atoms with van der Waals surface area (Å²) in [5, 5.41) is 101. The van der Waals surface area contributed by atoms with Gasteiger partial charge in [-0.2, -0.15) is 0 Å². The van der Waals surface area contributed by atoms with Crippen LogP contribution in [0.1, 0.15) is 144 Å². The number of anilines is 1. The molecule has 1 spiro atoms. The number of ketones is 2. The number of aliphatic hydroxyl groups is 3. The van der Waals surface area contributed by atoms with Gasteiger partial charge in [0.15, 0.2) is 16.5 Å². The maximum atomic E-state index is 15.7. The molecule has 3 fully saturated rings. The van der Waals surface area contributed by atoms with Gasteiger partial charge >= 0.3 is 41.8 Å². The summed E-state index contributed by atoms with van der Waals surface area (Å²) in [6, 6.07) is 13.5. The topological polar surface area (TPSA) is 464 Å². The van der Waals surface area contributed by atoms with Crippen LogP contribution in [-0.2, 0) is 90.7 Å². The van der Waals surface area contributed by atoms with Crippen molar-refractivity contribution in [2.24, 2.45) is 17.3 Å². The fourth-order valence-electron chi connectivity index (χ4n) is 19.0. The molecular formula is C81H104N8O23S3. The molecule has 0 bridgehead atoms. The summed E-state index contributed by atoms with van der Waals surface area (Å²) in [7, 11) is 6.74. The number of methoxy groups -OCH3 is 2. The van der Waals surface area contributed by atoms with E-state index in [2.05, 4.69) is 48.5 Å². The number of carboxylic acid groups (broad SMARTS) is 5.